The van der Waals surface area contributed by atoms with Gasteiger partial charge in [0.2, 0.25) is 0 Å². The van der Waals surface area contributed by atoms with Crippen LogP contribution in [0.5, 0.6) is 0 Å². The molecule has 0 fully saturated rings. The second-order valence-corrected chi connectivity index (χ2v) is 21.8. The normalized spacial score (nSPS) is 11.8. The van der Waals surface area contributed by atoms with Crippen LogP contribution in [0.25, 0.3) is 133 Å². The average Bonchev–Trinajstić information content (AvgIpc) is 3.80. The van der Waals surface area contributed by atoms with Crippen LogP contribution in [0.15, 0.2) is 255 Å². The van der Waals surface area contributed by atoms with Gasteiger partial charge >= 0.3 is 6.18 Å². The van der Waals surface area contributed by atoms with Crippen molar-refractivity contribution in [1.82, 2.24) is 14.1 Å². The molecular formula is C76H54F3N3. The predicted molar refractivity (Wildman–Crippen MR) is 335 cm³/mol. The van der Waals surface area contributed by atoms with E-state index in [1.165, 1.54) is 0 Å². The SMILES string of the molecule is Cc1cccc(-c2ccc3c4ccc(-c5cccc(C)c5)cc4n(-c4cc(-c5cccc(-c6ccccc6-c6ccccc6)n5)cc(-n5c6cc(-c7cccc(C)c7)ccc6c6ccc(-c7cccc(C)c7)cc65)c4C(F)(F)F)c3c2)c1. The lowest BCUT2D eigenvalue weighted by Crippen LogP contribution is -2.16. The van der Waals surface area contributed by atoms with Gasteiger partial charge in [0.15, 0.2) is 0 Å². The third-order valence-electron chi connectivity index (χ3n) is 16.1. The summed E-state index contributed by atoms with van der Waals surface area (Å²) in [6.45, 7) is 8.22. The van der Waals surface area contributed by atoms with Gasteiger partial charge < -0.3 is 9.13 Å². The minimum Gasteiger partial charge on any atom is -0.308 e. The van der Waals surface area contributed by atoms with Crippen LogP contribution in [-0.2, 0) is 6.18 Å². The van der Waals surface area contributed by atoms with E-state index in [0.29, 0.717) is 39.0 Å². The summed E-state index contributed by atoms with van der Waals surface area (Å²) in [5, 5.41) is 3.34. The quantitative estimate of drug-likeness (QED) is 0.141. The minimum absolute atomic E-state index is 0.0145. The summed E-state index contributed by atoms with van der Waals surface area (Å²) in [6.07, 6.45) is -4.90. The number of rotatable bonds is 9. The van der Waals surface area contributed by atoms with Crippen LogP contribution in [0.2, 0.25) is 0 Å². The van der Waals surface area contributed by atoms with Crippen molar-refractivity contribution in [3.8, 4) is 89.5 Å². The van der Waals surface area contributed by atoms with Crippen molar-refractivity contribution in [2.75, 3.05) is 0 Å². The summed E-state index contributed by atoms with van der Waals surface area (Å²) in [4.78, 5) is 5.43. The number of pyridine rings is 1. The van der Waals surface area contributed by atoms with Crippen molar-refractivity contribution in [1.29, 1.82) is 0 Å². The van der Waals surface area contributed by atoms with Gasteiger partial charge in [0.1, 0.15) is 5.56 Å². The van der Waals surface area contributed by atoms with Gasteiger partial charge in [0, 0.05) is 32.7 Å². The lowest BCUT2D eigenvalue weighted by Gasteiger charge is -2.23. The van der Waals surface area contributed by atoms with Crippen LogP contribution in [0.4, 0.5) is 13.2 Å². The van der Waals surface area contributed by atoms with Gasteiger partial charge in [0.25, 0.3) is 0 Å². The average molecular weight is 1070 g/mol. The fourth-order valence-corrected chi connectivity index (χ4v) is 12.3. The molecule has 0 spiro atoms. The largest absolute Gasteiger partial charge is 0.420 e. The van der Waals surface area contributed by atoms with E-state index in [1.807, 2.05) is 81.9 Å². The molecule has 0 unspecified atom stereocenters. The van der Waals surface area contributed by atoms with Crippen molar-refractivity contribution >= 4 is 43.6 Å². The Kier molecular flexibility index (Phi) is 12.2. The molecule has 3 aromatic heterocycles. The second kappa shape index (κ2) is 19.9. The first-order valence-corrected chi connectivity index (χ1v) is 27.7. The van der Waals surface area contributed by atoms with Crippen LogP contribution in [0.1, 0.15) is 27.8 Å². The van der Waals surface area contributed by atoms with Crippen LogP contribution >= 0.6 is 0 Å². The first-order valence-electron chi connectivity index (χ1n) is 27.7. The summed E-state index contributed by atoms with van der Waals surface area (Å²) >= 11 is 0. The first-order chi connectivity index (χ1) is 39.9. The maximum absolute atomic E-state index is 17.6. The van der Waals surface area contributed by atoms with E-state index >= 15 is 13.2 Å². The Labute approximate surface area is 474 Å². The molecule has 0 saturated heterocycles. The monoisotopic (exact) mass is 1070 g/mol. The van der Waals surface area contributed by atoms with E-state index in [9.17, 15) is 0 Å². The Morgan fingerprint density at radius 3 is 0.988 bits per heavy atom. The second-order valence-electron chi connectivity index (χ2n) is 21.8. The molecule has 3 nitrogen and oxygen atoms in total. The summed E-state index contributed by atoms with van der Waals surface area (Å²) in [5.74, 6) is 0. The Bertz CT molecular complexity index is 4410. The van der Waals surface area contributed by atoms with Crippen LogP contribution < -0.4 is 0 Å². The molecule has 0 N–H and O–H groups in total. The fourth-order valence-electron chi connectivity index (χ4n) is 12.3. The fraction of sp³-hybridized carbons (Fsp3) is 0.0658. The summed E-state index contributed by atoms with van der Waals surface area (Å²) < 4.78 is 56.6. The predicted octanol–water partition coefficient (Wildman–Crippen LogP) is 21.2. The van der Waals surface area contributed by atoms with Gasteiger partial charge in [-0.25, -0.2) is 4.98 Å². The highest BCUT2D eigenvalue weighted by molar-refractivity contribution is 6.13. The highest BCUT2D eigenvalue weighted by Crippen LogP contribution is 2.48. The molecule has 0 saturated carbocycles. The van der Waals surface area contributed by atoms with Crippen molar-refractivity contribution in [3.05, 3.63) is 283 Å². The minimum atomic E-state index is -4.90. The molecule has 0 amide bonds. The molecule has 0 radical (unpaired) electrons. The molecule has 11 aromatic carbocycles. The van der Waals surface area contributed by atoms with Crippen LogP contribution in [0.3, 0.4) is 0 Å². The lowest BCUT2D eigenvalue weighted by molar-refractivity contribution is -0.137. The molecule has 14 rings (SSSR count). The molecule has 394 valence electrons. The van der Waals surface area contributed by atoms with Gasteiger partial charge in [-0.1, -0.05) is 229 Å². The molecule has 0 bridgehead atoms. The molecular weight excluding hydrogens is 1010 g/mol. The Morgan fingerprint density at radius 1 is 0.280 bits per heavy atom. The number of aromatic nitrogens is 3. The summed E-state index contributed by atoms with van der Waals surface area (Å²) in [6, 6.07) is 85.6. The molecule has 0 aliphatic carbocycles. The Hall–Kier alpha value is -10.0. The number of hydrogen-bond acceptors (Lipinski definition) is 1. The molecule has 6 heteroatoms. The van der Waals surface area contributed by atoms with Crippen molar-refractivity contribution in [2.24, 2.45) is 0 Å². The van der Waals surface area contributed by atoms with Gasteiger partial charge in [-0.3, -0.25) is 0 Å². The van der Waals surface area contributed by atoms with E-state index in [2.05, 4.69) is 198 Å². The van der Waals surface area contributed by atoms with Crippen molar-refractivity contribution in [3.63, 3.8) is 0 Å². The van der Waals surface area contributed by atoms with Crippen LogP contribution in [-0.4, -0.2) is 14.1 Å². The molecule has 0 atom stereocenters. The standard InChI is InChI=1S/C76H54F3N3/c1-47-15-10-21-52(37-47)56-29-33-63-64-34-30-57(53-22-11-16-48(2)38-53)42-70(64)81(69(63)41-56)73-45-60(67-27-14-28-68(80-67)62-26-9-8-25-61(62)51-19-6-5-7-20-51)46-74(75(73)76(77,78)79)82-71-43-58(54-23-12-17-49(3)39-54)31-35-65(71)66-36-32-59(44-72(66)82)55-24-13-18-50(4)40-55/h5-46H,1-4H3. The smallest absolute Gasteiger partial charge is 0.308 e. The molecule has 3 heterocycles. The number of halogens is 3. The molecule has 0 aliphatic rings. The number of nitrogens with zero attached hydrogens (tertiary/aromatic N) is 3. The van der Waals surface area contributed by atoms with E-state index in [1.54, 1.807) is 12.1 Å². The maximum Gasteiger partial charge on any atom is 0.420 e. The molecule has 14 aromatic rings. The van der Waals surface area contributed by atoms with Gasteiger partial charge in [-0.15, -0.1) is 0 Å². The first kappa shape index (κ1) is 50.2. The van der Waals surface area contributed by atoms with E-state index in [-0.39, 0.29) is 11.4 Å². The molecule has 82 heavy (non-hydrogen) atoms. The third-order valence-corrected chi connectivity index (χ3v) is 16.1. The number of alkyl halides is 3. The van der Waals surface area contributed by atoms with Crippen LogP contribution in [0, 0.1) is 27.7 Å². The lowest BCUT2D eigenvalue weighted by atomic mass is 9.96. The number of hydrogen-bond donors (Lipinski definition) is 0. The third kappa shape index (κ3) is 8.94. The number of aryl methyl sites for hydroxylation is 4. The number of fused-ring (bicyclic) bond motifs is 6. The topological polar surface area (TPSA) is 22.8 Å². The van der Waals surface area contributed by atoms with Gasteiger partial charge in [-0.2, -0.15) is 13.2 Å². The number of benzene rings is 11. The molecule has 0 aliphatic heterocycles. The zero-order valence-electron chi connectivity index (χ0n) is 45.7. The van der Waals surface area contributed by atoms with Crippen molar-refractivity contribution < 1.29 is 13.2 Å². The van der Waals surface area contributed by atoms with E-state index in [4.69, 9.17) is 4.98 Å². The van der Waals surface area contributed by atoms with Gasteiger partial charge in [0.05, 0.1) is 44.8 Å². The Balaban J connectivity index is 1.14. The summed E-state index contributed by atoms with van der Waals surface area (Å²) in [5.41, 5.74) is 18.3. The van der Waals surface area contributed by atoms with Gasteiger partial charge in [-0.05, 0) is 132 Å². The highest BCUT2D eigenvalue weighted by Gasteiger charge is 2.40. The highest BCUT2D eigenvalue weighted by atomic mass is 19.4. The summed E-state index contributed by atoms with van der Waals surface area (Å²) in [7, 11) is 0. The zero-order chi connectivity index (χ0) is 55.8. The van der Waals surface area contributed by atoms with E-state index in [0.717, 1.165) is 105 Å². The van der Waals surface area contributed by atoms with Crippen molar-refractivity contribution in [2.45, 2.75) is 33.9 Å². The van der Waals surface area contributed by atoms with E-state index < -0.39 is 11.7 Å². The maximum atomic E-state index is 17.6. The zero-order valence-corrected chi connectivity index (χ0v) is 45.7. The Morgan fingerprint density at radius 2 is 0.610 bits per heavy atom.